The molecule has 1 aromatic carbocycles. The number of rotatable bonds is 10. The van der Waals surface area contributed by atoms with E-state index in [-0.39, 0.29) is 15.4 Å². The molecule has 164 valence electrons. The van der Waals surface area contributed by atoms with Crippen molar-refractivity contribution in [1.82, 2.24) is 0 Å². The molecule has 0 spiro atoms. The molecule has 0 radical (unpaired) electrons. The lowest BCUT2D eigenvalue weighted by molar-refractivity contribution is -0.188. The average Bonchev–Trinajstić information content (AvgIpc) is 2.61. The van der Waals surface area contributed by atoms with Gasteiger partial charge in [0.15, 0.2) is 6.29 Å². The Labute approximate surface area is 189 Å². The van der Waals surface area contributed by atoms with Crippen LogP contribution in [-0.4, -0.2) is 41.1 Å². The molecule has 1 aromatic rings. The molecule has 2 unspecified atom stereocenters. The van der Waals surface area contributed by atoms with Gasteiger partial charge in [-0.2, -0.15) is 0 Å². The van der Waals surface area contributed by atoms with E-state index in [0.29, 0.717) is 12.4 Å². The molecule has 0 bridgehead atoms. The maximum atomic E-state index is 11.1. The number of benzene rings is 1. The van der Waals surface area contributed by atoms with Gasteiger partial charge in [-0.3, -0.25) is 0 Å². The van der Waals surface area contributed by atoms with Crippen molar-refractivity contribution in [2.75, 3.05) is 20.3 Å². The van der Waals surface area contributed by atoms with Gasteiger partial charge < -0.3 is 19.3 Å². The minimum atomic E-state index is -0.886. The van der Waals surface area contributed by atoms with Crippen molar-refractivity contribution in [1.29, 1.82) is 0 Å². The number of aliphatic hydroxyl groups excluding tert-OH is 1. The third kappa shape index (κ3) is 8.64. The average molecular weight is 518 g/mol. The van der Waals surface area contributed by atoms with Crippen molar-refractivity contribution in [3.8, 4) is 5.75 Å². The highest BCUT2D eigenvalue weighted by Gasteiger charge is 2.47. The minimum absolute atomic E-state index is 0.0715. The largest absolute Gasteiger partial charge is 0.491 e. The molecule has 0 saturated carbocycles. The van der Waals surface area contributed by atoms with Crippen molar-refractivity contribution in [2.24, 2.45) is 10.8 Å². The maximum Gasteiger partial charge on any atom is 0.330 e. The second-order valence-corrected chi connectivity index (χ2v) is 11.8. The first-order chi connectivity index (χ1) is 13.3. The van der Waals surface area contributed by atoms with Crippen LogP contribution in [0.3, 0.4) is 0 Å². The lowest BCUT2D eigenvalue weighted by Gasteiger charge is -2.47. The van der Waals surface area contributed by atoms with Crippen LogP contribution in [0.4, 0.5) is 0 Å². The molecular formula is C23H35IO5. The van der Waals surface area contributed by atoms with E-state index in [4.69, 9.17) is 9.47 Å². The molecule has 0 saturated heterocycles. The van der Waals surface area contributed by atoms with Crippen molar-refractivity contribution in [2.45, 2.75) is 57.7 Å². The Hall–Kier alpha value is -1.12. The molecule has 0 aliphatic rings. The SMILES string of the molecule is COC(=O)/C=C/c1ccc(OCCOC(O)C(C)(CC(C)(C)C)C(C)(C)I)cc1. The van der Waals surface area contributed by atoms with Crippen LogP contribution in [0.15, 0.2) is 30.3 Å². The Bertz CT molecular complexity index is 670. The molecule has 2 atom stereocenters. The number of aliphatic hydroxyl groups is 1. The number of alkyl halides is 1. The zero-order valence-corrected chi connectivity index (χ0v) is 20.8. The normalized spacial score (nSPS) is 15.8. The summed E-state index contributed by atoms with van der Waals surface area (Å²) in [5.41, 5.74) is 0.540. The van der Waals surface area contributed by atoms with Gasteiger partial charge in [-0.15, -0.1) is 0 Å². The third-order valence-corrected chi connectivity index (χ3v) is 6.15. The summed E-state index contributed by atoms with van der Waals surface area (Å²) in [5.74, 6) is 0.305. The fraction of sp³-hybridized carbons (Fsp3) is 0.609. The molecular weight excluding hydrogens is 483 g/mol. The zero-order chi connectivity index (χ0) is 22.3. The molecule has 5 nitrogen and oxygen atoms in total. The highest BCUT2D eigenvalue weighted by atomic mass is 127. The van der Waals surface area contributed by atoms with Gasteiger partial charge >= 0.3 is 5.97 Å². The Balaban J connectivity index is 2.57. The molecule has 0 amide bonds. The van der Waals surface area contributed by atoms with Crippen LogP contribution in [0.2, 0.25) is 0 Å². The Morgan fingerprint density at radius 3 is 2.17 bits per heavy atom. The number of carbonyl (C=O) groups excluding carboxylic acids is 1. The fourth-order valence-corrected chi connectivity index (χ4v) is 3.56. The van der Waals surface area contributed by atoms with Gasteiger partial charge in [-0.1, -0.05) is 76.3 Å². The molecule has 0 aliphatic carbocycles. The summed E-state index contributed by atoms with van der Waals surface area (Å²) in [7, 11) is 1.34. The van der Waals surface area contributed by atoms with Crippen LogP contribution in [0.25, 0.3) is 6.08 Å². The van der Waals surface area contributed by atoms with Gasteiger partial charge in [-0.05, 0) is 35.6 Å². The predicted octanol–water partition coefficient (Wildman–Crippen LogP) is 5.24. The molecule has 1 N–H and O–H groups in total. The van der Waals surface area contributed by atoms with Crippen molar-refractivity contribution < 1.29 is 24.1 Å². The lowest BCUT2D eigenvalue weighted by atomic mass is 9.68. The van der Waals surface area contributed by atoms with E-state index in [2.05, 4.69) is 68.9 Å². The van der Waals surface area contributed by atoms with Crippen LogP contribution in [0.1, 0.15) is 53.5 Å². The van der Waals surface area contributed by atoms with Crippen molar-refractivity contribution in [3.05, 3.63) is 35.9 Å². The van der Waals surface area contributed by atoms with Gasteiger partial charge in [0.2, 0.25) is 0 Å². The first kappa shape index (κ1) is 25.9. The van der Waals surface area contributed by atoms with E-state index in [1.54, 1.807) is 6.08 Å². The van der Waals surface area contributed by atoms with Crippen molar-refractivity contribution in [3.63, 3.8) is 0 Å². The standard InChI is InChI=1S/C23H35IO5/c1-21(2,3)16-23(6,22(4,5)24)20(26)29-15-14-28-18-11-8-17(9-12-18)10-13-19(25)27-7/h8-13,20,26H,14-16H2,1-7H3/b13-10+. The number of hydrogen-bond acceptors (Lipinski definition) is 5. The van der Waals surface area contributed by atoms with E-state index in [9.17, 15) is 9.90 Å². The second kappa shape index (κ2) is 10.8. The Morgan fingerprint density at radius 1 is 1.10 bits per heavy atom. The van der Waals surface area contributed by atoms with Crippen LogP contribution in [0.5, 0.6) is 5.75 Å². The van der Waals surface area contributed by atoms with Crippen molar-refractivity contribution >= 4 is 34.6 Å². The molecule has 29 heavy (non-hydrogen) atoms. The zero-order valence-electron chi connectivity index (χ0n) is 18.6. The van der Waals surface area contributed by atoms with Gasteiger partial charge in [-0.25, -0.2) is 4.79 Å². The number of ether oxygens (including phenoxy) is 3. The molecule has 0 aromatic heterocycles. The molecule has 0 fully saturated rings. The van der Waals surface area contributed by atoms with Gasteiger partial charge in [0.05, 0.1) is 13.7 Å². The lowest BCUT2D eigenvalue weighted by Crippen LogP contribution is -2.49. The van der Waals surface area contributed by atoms with E-state index < -0.39 is 17.7 Å². The highest BCUT2D eigenvalue weighted by molar-refractivity contribution is 14.1. The summed E-state index contributed by atoms with van der Waals surface area (Å²) < 4.78 is 15.9. The first-order valence-corrected chi connectivity index (χ1v) is 10.8. The van der Waals surface area contributed by atoms with Crippen LogP contribution >= 0.6 is 22.6 Å². The quantitative estimate of drug-likeness (QED) is 0.115. The van der Waals surface area contributed by atoms with Crippen LogP contribution < -0.4 is 4.74 Å². The van der Waals surface area contributed by atoms with Crippen LogP contribution in [-0.2, 0) is 14.3 Å². The summed E-state index contributed by atoms with van der Waals surface area (Å²) in [4.78, 5) is 11.1. The summed E-state index contributed by atoms with van der Waals surface area (Å²) in [6, 6.07) is 7.35. The molecule has 0 aliphatic heterocycles. The maximum absolute atomic E-state index is 11.1. The van der Waals surface area contributed by atoms with E-state index in [1.165, 1.54) is 13.2 Å². The molecule has 6 heteroatoms. The summed E-state index contributed by atoms with van der Waals surface area (Å²) in [5, 5.41) is 10.8. The number of halogens is 1. The van der Waals surface area contributed by atoms with E-state index in [1.807, 2.05) is 24.3 Å². The minimum Gasteiger partial charge on any atom is -0.491 e. The topological polar surface area (TPSA) is 65.0 Å². The third-order valence-electron chi connectivity index (χ3n) is 4.92. The highest BCUT2D eigenvalue weighted by Crippen LogP contribution is 2.49. The summed E-state index contributed by atoms with van der Waals surface area (Å²) >= 11 is 2.39. The molecule has 1 rings (SSSR count). The smallest absolute Gasteiger partial charge is 0.330 e. The van der Waals surface area contributed by atoms with Gasteiger partial charge in [0.1, 0.15) is 12.4 Å². The number of esters is 1. The number of methoxy groups -OCH3 is 1. The summed E-state index contributed by atoms with van der Waals surface area (Å²) in [6.07, 6.45) is 2.99. The molecule has 0 heterocycles. The number of carbonyl (C=O) groups is 1. The van der Waals surface area contributed by atoms with E-state index >= 15 is 0 Å². The van der Waals surface area contributed by atoms with Gasteiger partial charge in [0, 0.05) is 14.9 Å². The predicted molar refractivity (Wildman–Crippen MR) is 125 cm³/mol. The number of hydrogen-bond donors (Lipinski definition) is 1. The van der Waals surface area contributed by atoms with Crippen LogP contribution in [0, 0.1) is 10.8 Å². The monoisotopic (exact) mass is 518 g/mol. The van der Waals surface area contributed by atoms with E-state index in [0.717, 1.165) is 12.0 Å². The Morgan fingerprint density at radius 2 is 1.69 bits per heavy atom. The Kier molecular flexibility index (Phi) is 9.63. The first-order valence-electron chi connectivity index (χ1n) is 9.76. The fourth-order valence-electron chi connectivity index (χ4n) is 3.10. The van der Waals surface area contributed by atoms with Gasteiger partial charge in [0.25, 0.3) is 0 Å². The summed E-state index contributed by atoms with van der Waals surface area (Å²) in [6.45, 7) is 13.5. The second-order valence-electron chi connectivity index (χ2n) is 9.12.